The number of carboxylic acid groups (broad SMARTS) is 1. The third-order valence-corrected chi connectivity index (χ3v) is 4.95. The molecule has 1 saturated heterocycles. The number of fused-ring (bicyclic) bond motifs is 1. The van der Waals surface area contributed by atoms with Crippen LogP contribution in [0.15, 0.2) is 24.3 Å². The van der Waals surface area contributed by atoms with E-state index in [9.17, 15) is 4.79 Å². The number of rotatable bonds is 2. The van der Waals surface area contributed by atoms with Crippen molar-refractivity contribution in [3.63, 3.8) is 0 Å². The van der Waals surface area contributed by atoms with Crippen molar-refractivity contribution in [2.24, 2.45) is 5.92 Å². The van der Waals surface area contributed by atoms with Gasteiger partial charge in [0.15, 0.2) is 0 Å². The molecule has 1 fully saturated rings. The number of hydrogen-bond acceptors (Lipinski definition) is 3. The molecule has 0 bridgehead atoms. The molecule has 3 rings (SSSR count). The maximum absolute atomic E-state index is 11.0. The van der Waals surface area contributed by atoms with Crippen LogP contribution in [-0.4, -0.2) is 24.2 Å². The largest absolute Gasteiger partial charge is 0.477 e. The lowest BCUT2D eigenvalue weighted by Crippen LogP contribution is -2.32. The fourth-order valence-electron chi connectivity index (χ4n) is 2.59. The predicted octanol–water partition coefficient (Wildman–Crippen LogP) is 3.84. The summed E-state index contributed by atoms with van der Waals surface area (Å²) >= 11 is 1.36. The second-order valence-corrected chi connectivity index (χ2v) is 6.39. The smallest absolute Gasteiger partial charge is 0.345 e. The van der Waals surface area contributed by atoms with Gasteiger partial charge in [-0.15, -0.1) is 11.3 Å². The Labute approximate surface area is 116 Å². The van der Waals surface area contributed by atoms with E-state index in [2.05, 4.69) is 24.0 Å². The zero-order chi connectivity index (χ0) is 13.4. The van der Waals surface area contributed by atoms with Gasteiger partial charge in [-0.3, -0.25) is 0 Å². The fraction of sp³-hybridized carbons (Fsp3) is 0.400. The van der Waals surface area contributed by atoms with E-state index in [0.717, 1.165) is 29.1 Å². The Kier molecular flexibility index (Phi) is 3.19. The van der Waals surface area contributed by atoms with Crippen LogP contribution in [0.25, 0.3) is 10.1 Å². The molecule has 0 saturated carbocycles. The highest BCUT2D eigenvalue weighted by Gasteiger charge is 2.17. The third-order valence-electron chi connectivity index (χ3n) is 3.86. The molecule has 0 aliphatic carbocycles. The average molecular weight is 275 g/mol. The van der Waals surface area contributed by atoms with Gasteiger partial charge in [-0.1, -0.05) is 13.0 Å². The first-order valence-corrected chi connectivity index (χ1v) is 7.47. The van der Waals surface area contributed by atoms with E-state index in [1.54, 1.807) is 6.07 Å². The van der Waals surface area contributed by atoms with E-state index in [-0.39, 0.29) is 0 Å². The second-order valence-electron chi connectivity index (χ2n) is 5.31. The molecule has 2 aromatic rings. The van der Waals surface area contributed by atoms with Gasteiger partial charge in [0.05, 0.1) is 0 Å². The van der Waals surface area contributed by atoms with Gasteiger partial charge in [0.2, 0.25) is 0 Å². The van der Waals surface area contributed by atoms with Crippen LogP contribution in [-0.2, 0) is 0 Å². The van der Waals surface area contributed by atoms with Crippen LogP contribution in [0, 0.1) is 5.92 Å². The van der Waals surface area contributed by atoms with Crippen molar-refractivity contribution >= 4 is 33.1 Å². The van der Waals surface area contributed by atoms with Crippen LogP contribution in [0.3, 0.4) is 0 Å². The Hall–Kier alpha value is -1.55. The molecule has 0 unspecified atom stereocenters. The molecule has 1 N–H and O–H groups in total. The molecule has 0 radical (unpaired) electrons. The molecule has 19 heavy (non-hydrogen) atoms. The van der Waals surface area contributed by atoms with Crippen LogP contribution in [0.1, 0.15) is 29.4 Å². The Bertz CT molecular complexity index is 612. The summed E-state index contributed by atoms with van der Waals surface area (Å²) in [4.78, 5) is 13.8. The number of carbonyl (C=O) groups is 1. The normalized spacial score (nSPS) is 17.0. The zero-order valence-electron chi connectivity index (χ0n) is 10.9. The molecule has 4 heteroatoms. The molecule has 0 atom stereocenters. The maximum atomic E-state index is 11.0. The quantitative estimate of drug-likeness (QED) is 0.905. The molecule has 0 spiro atoms. The molecule has 1 aromatic heterocycles. The van der Waals surface area contributed by atoms with E-state index in [4.69, 9.17) is 5.11 Å². The minimum absolute atomic E-state index is 0.416. The summed E-state index contributed by atoms with van der Waals surface area (Å²) in [6, 6.07) is 8.02. The van der Waals surface area contributed by atoms with Crippen LogP contribution in [0.5, 0.6) is 0 Å². The van der Waals surface area contributed by atoms with E-state index in [0.29, 0.717) is 4.88 Å². The predicted molar refractivity (Wildman–Crippen MR) is 79.4 cm³/mol. The Morgan fingerprint density at radius 1 is 1.32 bits per heavy atom. The van der Waals surface area contributed by atoms with Crippen molar-refractivity contribution in [2.75, 3.05) is 18.0 Å². The van der Waals surface area contributed by atoms with Gasteiger partial charge in [-0.25, -0.2) is 4.79 Å². The van der Waals surface area contributed by atoms with Gasteiger partial charge >= 0.3 is 5.97 Å². The second kappa shape index (κ2) is 4.85. The molecular weight excluding hydrogens is 258 g/mol. The number of anilines is 1. The maximum Gasteiger partial charge on any atom is 0.345 e. The van der Waals surface area contributed by atoms with Gasteiger partial charge in [0, 0.05) is 23.5 Å². The summed E-state index contributed by atoms with van der Waals surface area (Å²) in [5.41, 5.74) is 1.22. The number of hydrogen-bond donors (Lipinski definition) is 1. The van der Waals surface area contributed by atoms with Crippen molar-refractivity contribution in [1.82, 2.24) is 0 Å². The lowest BCUT2D eigenvalue weighted by atomic mass is 9.99. The molecule has 0 amide bonds. The highest BCUT2D eigenvalue weighted by molar-refractivity contribution is 7.20. The lowest BCUT2D eigenvalue weighted by molar-refractivity contribution is 0.0702. The topological polar surface area (TPSA) is 40.5 Å². The van der Waals surface area contributed by atoms with Gasteiger partial charge in [-0.05, 0) is 42.3 Å². The van der Waals surface area contributed by atoms with Gasteiger partial charge < -0.3 is 10.0 Å². The first kappa shape index (κ1) is 12.5. The van der Waals surface area contributed by atoms with Gasteiger partial charge in [0.25, 0.3) is 0 Å². The summed E-state index contributed by atoms with van der Waals surface area (Å²) in [5.74, 6) is -0.0186. The third kappa shape index (κ3) is 2.45. The van der Waals surface area contributed by atoms with Gasteiger partial charge in [-0.2, -0.15) is 0 Å². The van der Waals surface area contributed by atoms with Crippen LogP contribution >= 0.6 is 11.3 Å². The first-order valence-electron chi connectivity index (χ1n) is 6.65. The van der Waals surface area contributed by atoms with E-state index >= 15 is 0 Å². The van der Waals surface area contributed by atoms with Crippen molar-refractivity contribution in [2.45, 2.75) is 19.8 Å². The number of benzene rings is 1. The molecule has 1 aromatic carbocycles. The van der Waals surface area contributed by atoms with Crippen LogP contribution in [0.2, 0.25) is 0 Å². The minimum atomic E-state index is -0.838. The minimum Gasteiger partial charge on any atom is -0.477 e. The number of thiophene rings is 1. The van der Waals surface area contributed by atoms with Crippen molar-refractivity contribution < 1.29 is 9.90 Å². The SMILES string of the molecule is CC1CCN(c2ccc3cc(C(=O)O)sc3c2)CC1. The Morgan fingerprint density at radius 2 is 2.05 bits per heavy atom. The molecule has 2 heterocycles. The standard InChI is InChI=1S/C15H17NO2S/c1-10-4-6-16(7-5-10)12-3-2-11-8-14(15(17)18)19-13(11)9-12/h2-3,8-10H,4-7H2,1H3,(H,17,18). The molecule has 100 valence electrons. The van der Waals surface area contributed by atoms with Crippen molar-refractivity contribution in [3.05, 3.63) is 29.1 Å². The summed E-state index contributed by atoms with van der Waals surface area (Å²) in [6.07, 6.45) is 2.48. The number of carboxylic acids is 1. The summed E-state index contributed by atoms with van der Waals surface area (Å²) in [5, 5.41) is 10.1. The van der Waals surface area contributed by atoms with Gasteiger partial charge in [0.1, 0.15) is 4.88 Å². The molecule has 3 nitrogen and oxygen atoms in total. The summed E-state index contributed by atoms with van der Waals surface area (Å²) in [6.45, 7) is 4.51. The number of nitrogens with zero attached hydrogens (tertiary/aromatic N) is 1. The van der Waals surface area contributed by atoms with E-state index in [1.807, 2.05) is 6.07 Å². The highest BCUT2D eigenvalue weighted by Crippen LogP contribution is 2.31. The van der Waals surface area contributed by atoms with Crippen molar-refractivity contribution in [1.29, 1.82) is 0 Å². The summed E-state index contributed by atoms with van der Waals surface area (Å²) in [7, 11) is 0. The van der Waals surface area contributed by atoms with E-state index in [1.165, 1.54) is 29.9 Å². The summed E-state index contributed by atoms with van der Waals surface area (Å²) < 4.78 is 1.06. The van der Waals surface area contributed by atoms with Crippen molar-refractivity contribution in [3.8, 4) is 0 Å². The molecule has 1 aliphatic heterocycles. The monoisotopic (exact) mass is 275 g/mol. The van der Waals surface area contributed by atoms with E-state index < -0.39 is 5.97 Å². The number of piperidine rings is 1. The fourth-order valence-corrected chi connectivity index (χ4v) is 3.52. The lowest BCUT2D eigenvalue weighted by Gasteiger charge is -2.32. The number of aromatic carboxylic acids is 1. The Morgan fingerprint density at radius 3 is 2.74 bits per heavy atom. The first-order chi connectivity index (χ1) is 9.13. The molecule has 1 aliphatic rings. The highest BCUT2D eigenvalue weighted by atomic mass is 32.1. The van der Waals surface area contributed by atoms with Crippen LogP contribution < -0.4 is 4.90 Å². The molecular formula is C15H17NO2S. The zero-order valence-corrected chi connectivity index (χ0v) is 11.7. The Balaban J connectivity index is 1.90. The average Bonchev–Trinajstić information content (AvgIpc) is 2.82. The van der Waals surface area contributed by atoms with Crippen LogP contribution in [0.4, 0.5) is 5.69 Å².